The van der Waals surface area contributed by atoms with Crippen LogP contribution >= 0.6 is 11.6 Å². The SMILES string of the molecule is CCCCCCCCCCCCCCCCCC(=O)C(O)C(O)(CCl)C(O)C(=O)CCCCCCCCCCCCCCCCC. The molecule has 0 fully saturated rings. The molecule has 0 bridgehead atoms. The molecule has 0 aliphatic heterocycles. The number of unbranched alkanes of at least 4 members (excludes halogenated alkanes) is 28. The van der Waals surface area contributed by atoms with Crippen LogP contribution in [0.4, 0.5) is 0 Å². The minimum Gasteiger partial charge on any atom is -0.382 e. The highest BCUT2D eigenvalue weighted by Crippen LogP contribution is 2.24. The second kappa shape index (κ2) is 33.0. The number of aliphatic hydroxyl groups excluding tert-OH is 2. The van der Waals surface area contributed by atoms with Crippen molar-refractivity contribution in [1.29, 1.82) is 0 Å². The van der Waals surface area contributed by atoms with E-state index in [1.165, 1.54) is 141 Å². The monoisotopic (exact) mass is 673 g/mol. The van der Waals surface area contributed by atoms with E-state index in [4.69, 9.17) is 11.6 Å². The number of alkyl halides is 1. The van der Waals surface area contributed by atoms with Crippen LogP contribution in [0.2, 0.25) is 0 Å². The Morgan fingerprint density at radius 1 is 0.435 bits per heavy atom. The molecule has 0 saturated heterocycles. The molecule has 0 rings (SSSR count). The maximum absolute atomic E-state index is 12.6. The van der Waals surface area contributed by atoms with Crippen LogP contribution in [-0.2, 0) is 9.59 Å². The zero-order valence-corrected chi connectivity index (χ0v) is 31.3. The van der Waals surface area contributed by atoms with Crippen molar-refractivity contribution < 1.29 is 24.9 Å². The topological polar surface area (TPSA) is 94.8 Å². The van der Waals surface area contributed by atoms with Crippen LogP contribution in [0, 0.1) is 0 Å². The third-order valence-corrected chi connectivity index (χ3v) is 10.3. The van der Waals surface area contributed by atoms with Gasteiger partial charge in [0.25, 0.3) is 0 Å². The van der Waals surface area contributed by atoms with E-state index in [2.05, 4.69) is 13.8 Å². The fraction of sp³-hybridized carbons (Fsp3) is 0.950. The van der Waals surface area contributed by atoms with Gasteiger partial charge in [0, 0.05) is 12.8 Å². The number of aliphatic hydroxyl groups is 3. The van der Waals surface area contributed by atoms with Crippen LogP contribution < -0.4 is 0 Å². The van der Waals surface area contributed by atoms with Crippen molar-refractivity contribution in [2.75, 3.05) is 5.88 Å². The average Bonchev–Trinajstić information content (AvgIpc) is 3.06. The summed E-state index contributed by atoms with van der Waals surface area (Å²) in [6, 6.07) is 0. The van der Waals surface area contributed by atoms with Gasteiger partial charge in [0.05, 0.1) is 5.88 Å². The average molecular weight is 674 g/mol. The number of Topliss-reactive ketones (excluding diaryl/α,β-unsaturated/α-hetero) is 2. The summed E-state index contributed by atoms with van der Waals surface area (Å²) in [5.74, 6) is -1.70. The molecule has 46 heavy (non-hydrogen) atoms. The van der Waals surface area contributed by atoms with Gasteiger partial charge in [-0.25, -0.2) is 0 Å². The largest absolute Gasteiger partial charge is 0.382 e. The first kappa shape index (κ1) is 45.5. The minimum absolute atomic E-state index is 0.110. The predicted molar refractivity (Wildman–Crippen MR) is 197 cm³/mol. The zero-order chi connectivity index (χ0) is 34.1. The van der Waals surface area contributed by atoms with E-state index in [9.17, 15) is 24.9 Å². The Hall–Kier alpha value is -0.490. The standard InChI is InChI=1S/C40H77ClO5/c1-3-5-7-9-11-13-15-17-19-21-23-25-27-29-31-33-36(42)38(44)40(46,35-41)39(45)37(43)34-32-30-28-26-24-22-20-18-16-14-12-10-8-6-4-2/h38-39,44-46H,3-35H2,1-2H3. The summed E-state index contributed by atoms with van der Waals surface area (Å²) < 4.78 is 0. The molecule has 0 amide bonds. The van der Waals surface area contributed by atoms with E-state index in [1.807, 2.05) is 0 Å². The minimum atomic E-state index is -2.35. The first-order valence-electron chi connectivity index (χ1n) is 20.0. The third-order valence-electron chi connectivity index (χ3n) is 9.82. The highest BCUT2D eigenvalue weighted by atomic mass is 35.5. The molecule has 3 N–H and O–H groups in total. The fourth-order valence-corrected chi connectivity index (χ4v) is 6.76. The molecule has 6 heteroatoms. The lowest BCUT2D eigenvalue weighted by Gasteiger charge is -2.33. The molecule has 0 spiro atoms. The highest BCUT2D eigenvalue weighted by Gasteiger charge is 2.48. The van der Waals surface area contributed by atoms with Crippen molar-refractivity contribution in [3.63, 3.8) is 0 Å². The van der Waals surface area contributed by atoms with E-state index in [0.29, 0.717) is 12.8 Å². The van der Waals surface area contributed by atoms with E-state index in [0.717, 1.165) is 38.5 Å². The Kier molecular flexibility index (Phi) is 32.7. The van der Waals surface area contributed by atoms with Crippen LogP contribution in [0.15, 0.2) is 0 Å². The molecule has 0 aromatic rings. The first-order valence-corrected chi connectivity index (χ1v) is 20.6. The second-order valence-electron chi connectivity index (χ2n) is 14.3. The van der Waals surface area contributed by atoms with Gasteiger partial charge in [0.15, 0.2) is 11.6 Å². The molecule has 0 aliphatic carbocycles. The molecule has 0 aromatic heterocycles. The summed E-state index contributed by atoms with van der Waals surface area (Å²) >= 11 is 5.91. The molecule has 0 heterocycles. The summed E-state index contributed by atoms with van der Waals surface area (Å²) in [5, 5.41) is 32.0. The Morgan fingerprint density at radius 2 is 0.630 bits per heavy atom. The Balaban J connectivity index is 3.91. The number of ketones is 2. The van der Waals surface area contributed by atoms with Gasteiger partial charge in [-0.3, -0.25) is 9.59 Å². The first-order chi connectivity index (χ1) is 22.3. The van der Waals surface area contributed by atoms with Gasteiger partial charge in [0.2, 0.25) is 0 Å². The van der Waals surface area contributed by atoms with Gasteiger partial charge in [-0.15, -0.1) is 11.6 Å². The number of rotatable bonds is 37. The van der Waals surface area contributed by atoms with Crippen LogP contribution in [0.1, 0.15) is 219 Å². The number of hydrogen-bond donors (Lipinski definition) is 3. The molecule has 2 unspecified atom stereocenters. The molecular weight excluding hydrogens is 596 g/mol. The smallest absolute Gasteiger partial charge is 0.164 e. The molecule has 0 radical (unpaired) electrons. The van der Waals surface area contributed by atoms with Crippen LogP contribution in [0.3, 0.4) is 0 Å². The van der Waals surface area contributed by atoms with Crippen molar-refractivity contribution >= 4 is 23.2 Å². The Bertz CT molecular complexity index is 633. The van der Waals surface area contributed by atoms with Gasteiger partial charge in [-0.05, 0) is 12.8 Å². The molecule has 0 aliphatic rings. The van der Waals surface area contributed by atoms with Crippen molar-refractivity contribution in [1.82, 2.24) is 0 Å². The Morgan fingerprint density at radius 3 is 0.826 bits per heavy atom. The Labute approximate surface area is 290 Å². The number of carbonyl (C=O) groups is 2. The maximum atomic E-state index is 12.6. The number of hydrogen-bond acceptors (Lipinski definition) is 5. The fourth-order valence-electron chi connectivity index (χ4n) is 6.47. The molecule has 0 saturated carbocycles. The maximum Gasteiger partial charge on any atom is 0.164 e. The normalized spacial score (nSPS) is 14.3. The van der Waals surface area contributed by atoms with E-state index in [1.54, 1.807) is 0 Å². The van der Waals surface area contributed by atoms with Crippen molar-refractivity contribution in [3.05, 3.63) is 0 Å². The van der Waals surface area contributed by atoms with E-state index in [-0.39, 0.29) is 12.8 Å². The van der Waals surface area contributed by atoms with Gasteiger partial charge in [-0.2, -0.15) is 0 Å². The van der Waals surface area contributed by atoms with Gasteiger partial charge in [-0.1, -0.05) is 194 Å². The third kappa shape index (κ3) is 24.6. The lowest BCUT2D eigenvalue weighted by atomic mass is 9.84. The van der Waals surface area contributed by atoms with Crippen molar-refractivity contribution in [2.45, 2.75) is 237 Å². The summed E-state index contributed by atoms with van der Waals surface area (Å²) in [6.45, 7) is 4.51. The van der Waals surface area contributed by atoms with Crippen LogP contribution in [0.25, 0.3) is 0 Å². The summed E-state index contributed by atoms with van der Waals surface area (Å²) in [5.41, 5.74) is -2.35. The van der Waals surface area contributed by atoms with Crippen LogP contribution in [0.5, 0.6) is 0 Å². The predicted octanol–water partition coefficient (Wildman–Crippen LogP) is 11.3. The molecule has 0 aromatic carbocycles. The van der Waals surface area contributed by atoms with Gasteiger partial charge < -0.3 is 15.3 Å². The lowest BCUT2D eigenvalue weighted by molar-refractivity contribution is -0.166. The molecule has 2 atom stereocenters. The molecule has 5 nitrogen and oxygen atoms in total. The molecular formula is C40H77ClO5. The summed E-state index contributed by atoms with van der Waals surface area (Å²) in [7, 11) is 0. The summed E-state index contributed by atoms with van der Waals surface area (Å²) in [4.78, 5) is 25.3. The van der Waals surface area contributed by atoms with Gasteiger partial charge >= 0.3 is 0 Å². The van der Waals surface area contributed by atoms with E-state index < -0.39 is 35.3 Å². The van der Waals surface area contributed by atoms with Gasteiger partial charge in [0.1, 0.15) is 17.8 Å². The molecule has 274 valence electrons. The van der Waals surface area contributed by atoms with E-state index >= 15 is 0 Å². The highest BCUT2D eigenvalue weighted by molar-refractivity contribution is 6.19. The quantitative estimate of drug-likeness (QED) is 0.0451. The second-order valence-corrected chi connectivity index (χ2v) is 14.5. The zero-order valence-electron chi connectivity index (χ0n) is 30.5. The summed E-state index contributed by atoms with van der Waals surface area (Å²) in [6.07, 6.45) is 33.2. The van der Waals surface area contributed by atoms with Crippen LogP contribution in [-0.4, -0.2) is 50.6 Å². The van der Waals surface area contributed by atoms with Crippen molar-refractivity contribution in [3.8, 4) is 0 Å². The number of carbonyl (C=O) groups excluding carboxylic acids is 2. The lowest BCUT2D eigenvalue weighted by Crippen LogP contribution is -2.59. The number of halogens is 1. The van der Waals surface area contributed by atoms with Crippen molar-refractivity contribution in [2.24, 2.45) is 0 Å².